The van der Waals surface area contributed by atoms with E-state index in [1.165, 1.54) is 11.1 Å². The van der Waals surface area contributed by atoms with Gasteiger partial charge in [-0.05, 0) is 37.1 Å². The van der Waals surface area contributed by atoms with Crippen LogP contribution >= 0.6 is 15.9 Å². The summed E-state index contributed by atoms with van der Waals surface area (Å²) in [6.45, 7) is 10.4. The quantitative estimate of drug-likeness (QED) is 0.833. The van der Waals surface area contributed by atoms with Gasteiger partial charge in [0.05, 0.1) is 7.11 Å². The van der Waals surface area contributed by atoms with Gasteiger partial charge in [0.1, 0.15) is 5.75 Å². The molecule has 0 aromatic heterocycles. The molecule has 0 aliphatic carbocycles. The van der Waals surface area contributed by atoms with E-state index in [9.17, 15) is 0 Å². The van der Waals surface area contributed by atoms with Gasteiger partial charge in [-0.2, -0.15) is 0 Å². The molecule has 0 saturated carbocycles. The Morgan fingerprint density at radius 3 is 2.75 bits per heavy atom. The minimum atomic E-state index is 0.360. The number of ether oxygens (including phenoxy) is 1. The van der Waals surface area contributed by atoms with Crippen LogP contribution in [0.15, 0.2) is 34.8 Å². The number of methoxy groups -OCH3 is 1. The Bertz CT molecular complexity index is 470. The van der Waals surface area contributed by atoms with Gasteiger partial charge in [0.15, 0.2) is 0 Å². The normalized spacial score (nSPS) is 17.8. The van der Waals surface area contributed by atoms with E-state index in [4.69, 9.17) is 4.74 Å². The van der Waals surface area contributed by atoms with Crippen molar-refractivity contribution < 1.29 is 4.74 Å². The molecule has 20 heavy (non-hydrogen) atoms. The van der Waals surface area contributed by atoms with Crippen LogP contribution in [0.1, 0.15) is 24.9 Å². The predicted octanol–water partition coefficient (Wildman–Crippen LogP) is 3.37. The summed E-state index contributed by atoms with van der Waals surface area (Å²) in [5, 5.41) is 3.41. The van der Waals surface area contributed by atoms with Crippen molar-refractivity contribution in [2.45, 2.75) is 19.4 Å². The molecule has 0 bridgehead atoms. The lowest BCUT2D eigenvalue weighted by Crippen LogP contribution is -2.45. The molecule has 110 valence electrons. The number of nitrogens with zero attached hydrogens (tertiary/aromatic N) is 1. The van der Waals surface area contributed by atoms with Gasteiger partial charge in [0, 0.05) is 36.7 Å². The number of hydrogen-bond donors (Lipinski definition) is 1. The molecule has 0 amide bonds. The van der Waals surface area contributed by atoms with E-state index in [2.05, 4.69) is 51.8 Å². The molecule has 2 rings (SSSR count). The second-order valence-corrected chi connectivity index (χ2v) is 6.20. The Kier molecular flexibility index (Phi) is 5.64. The zero-order valence-electron chi connectivity index (χ0n) is 12.3. The zero-order chi connectivity index (χ0) is 14.5. The van der Waals surface area contributed by atoms with Gasteiger partial charge in [0.2, 0.25) is 0 Å². The summed E-state index contributed by atoms with van der Waals surface area (Å²) in [6, 6.07) is 6.56. The third-order valence-corrected chi connectivity index (χ3v) is 4.42. The zero-order valence-corrected chi connectivity index (χ0v) is 13.9. The van der Waals surface area contributed by atoms with Crippen LogP contribution < -0.4 is 10.1 Å². The number of piperazine rings is 1. The second kappa shape index (κ2) is 7.25. The maximum absolute atomic E-state index is 5.38. The van der Waals surface area contributed by atoms with Gasteiger partial charge < -0.3 is 10.1 Å². The summed E-state index contributed by atoms with van der Waals surface area (Å²) in [5.74, 6) is 0.907. The van der Waals surface area contributed by atoms with E-state index in [1.54, 1.807) is 7.11 Å². The smallest absolute Gasteiger partial charge is 0.119 e. The fourth-order valence-electron chi connectivity index (χ4n) is 2.66. The van der Waals surface area contributed by atoms with Crippen LogP contribution in [0, 0.1) is 0 Å². The minimum Gasteiger partial charge on any atom is -0.497 e. The average molecular weight is 339 g/mol. The predicted molar refractivity (Wildman–Crippen MR) is 87.3 cm³/mol. The van der Waals surface area contributed by atoms with Crippen molar-refractivity contribution in [3.8, 4) is 5.75 Å². The third-order valence-electron chi connectivity index (χ3n) is 3.70. The van der Waals surface area contributed by atoms with Crippen LogP contribution in [0.2, 0.25) is 0 Å². The van der Waals surface area contributed by atoms with Crippen LogP contribution in [0.4, 0.5) is 0 Å². The van der Waals surface area contributed by atoms with E-state index in [-0.39, 0.29) is 0 Å². The molecule has 1 N–H and O–H groups in total. The van der Waals surface area contributed by atoms with Crippen molar-refractivity contribution >= 4 is 15.9 Å². The standard InChI is InChI=1S/C16H23BrN2O/c1-12(2)10-16(19-8-6-18-7-9-19)14-11-13(20-3)4-5-15(14)17/h4-5,11,16,18H,1,6-10H2,2-3H3/t16-/m0/s1. The topological polar surface area (TPSA) is 24.5 Å². The second-order valence-electron chi connectivity index (χ2n) is 5.35. The first-order chi connectivity index (χ1) is 9.61. The van der Waals surface area contributed by atoms with E-state index >= 15 is 0 Å². The summed E-state index contributed by atoms with van der Waals surface area (Å²) < 4.78 is 6.52. The summed E-state index contributed by atoms with van der Waals surface area (Å²) in [4.78, 5) is 2.53. The fraction of sp³-hybridized carbons (Fsp3) is 0.500. The van der Waals surface area contributed by atoms with E-state index in [0.717, 1.165) is 42.8 Å². The molecular formula is C16H23BrN2O. The van der Waals surface area contributed by atoms with E-state index in [0.29, 0.717) is 6.04 Å². The maximum atomic E-state index is 5.38. The highest BCUT2D eigenvalue weighted by molar-refractivity contribution is 9.10. The van der Waals surface area contributed by atoms with Crippen molar-refractivity contribution in [3.05, 3.63) is 40.4 Å². The lowest BCUT2D eigenvalue weighted by atomic mass is 9.97. The Morgan fingerprint density at radius 2 is 2.15 bits per heavy atom. The SMILES string of the molecule is C=C(C)C[C@@H](c1cc(OC)ccc1Br)N1CCNCC1. The lowest BCUT2D eigenvalue weighted by molar-refractivity contribution is 0.171. The summed E-state index contributed by atoms with van der Waals surface area (Å²) in [6.07, 6.45) is 0.978. The third kappa shape index (κ3) is 3.84. The van der Waals surface area contributed by atoms with Crippen LogP contribution in [0.5, 0.6) is 5.75 Å². The summed E-state index contributed by atoms with van der Waals surface area (Å²) >= 11 is 3.69. The van der Waals surface area contributed by atoms with Crippen molar-refractivity contribution in [2.24, 2.45) is 0 Å². The van der Waals surface area contributed by atoms with Crippen LogP contribution in [0.25, 0.3) is 0 Å². The van der Waals surface area contributed by atoms with Gasteiger partial charge in [-0.3, -0.25) is 4.90 Å². The molecule has 1 aromatic rings. The van der Waals surface area contributed by atoms with E-state index in [1.807, 2.05) is 6.07 Å². The van der Waals surface area contributed by atoms with Crippen LogP contribution in [-0.2, 0) is 0 Å². The molecule has 1 aromatic carbocycles. The number of halogens is 1. The largest absolute Gasteiger partial charge is 0.497 e. The molecule has 3 nitrogen and oxygen atoms in total. The molecule has 1 atom stereocenters. The lowest BCUT2D eigenvalue weighted by Gasteiger charge is -2.36. The first-order valence-electron chi connectivity index (χ1n) is 7.04. The van der Waals surface area contributed by atoms with Gasteiger partial charge in [0.25, 0.3) is 0 Å². The van der Waals surface area contributed by atoms with Gasteiger partial charge in [-0.25, -0.2) is 0 Å². The Balaban J connectivity index is 2.31. The van der Waals surface area contributed by atoms with Crippen LogP contribution in [0.3, 0.4) is 0 Å². The average Bonchev–Trinajstić information content (AvgIpc) is 2.46. The first-order valence-corrected chi connectivity index (χ1v) is 7.83. The molecule has 0 unspecified atom stereocenters. The molecule has 1 heterocycles. The van der Waals surface area contributed by atoms with Crippen LogP contribution in [-0.4, -0.2) is 38.2 Å². The highest BCUT2D eigenvalue weighted by Gasteiger charge is 2.24. The fourth-order valence-corrected chi connectivity index (χ4v) is 3.17. The number of rotatable bonds is 5. The number of benzene rings is 1. The van der Waals surface area contributed by atoms with Crippen molar-refractivity contribution in [2.75, 3.05) is 33.3 Å². The Hall–Kier alpha value is -0.840. The first kappa shape index (κ1) is 15.5. The Labute approximate surface area is 130 Å². The number of nitrogens with one attached hydrogen (secondary N) is 1. The monoisotopic (exact) mass is 338 g/mol. The molecule has 1 saturated heterocycles. The highest BCUT2D eigenvalue weighted by atomic mass is 79.9. The van der Waals surface area contributed by atoms with E-state index < -0.39 is 0 Å². The van der Waals surface area contributed by atoms with Crippen molar-refractivity contribution in [1.29, 1.82) is 0 Å². The molecule has 0 spiro atoms. The number of hydrogen-bond acceptors (Lipinski definition) is 3. The highest BCUT2D eigenvalue weighted by Crippen LogP contribution is 2.34. The molecule has 0 radical (unpaired) electrons. The van der Waals surface area contributed by atoms with Gasteiger partial charge in [-0.15, -0.1) is 6.58 Å². The van der Waals surface area contributed by atoms with Crippen molar-refractivity contribution in [1.82, 2.24) is 10.2 Å². The minimum absolute atomic E-state index is 0.360. The maximum Gasteiger partial charge on any atom is 0.119 e. The molecule has 1 aliphatic rings. The van der Waals surface area contributed by atoms with Crippen molar-refractivity contribution in [3.63, 3.8) is 0 Å². The summed E-state index contributed by atoms with van der Waals surface area (Å²) in [5.41, 5.74) is 2.50. The molecule has 4 heteroatoms. The Morgan fingerprint density at radius 1 is 1.45 bits per heavy atom. The van der Waals surface area contributed by atoms with Gasteiger partial charge >= 0.3 is 0 Å². The van der Waals surface area contributed by atoms with Gasteiger partial charge in [-0.1, -0.05) is 21.5 Å². The molecule has 1 fully saturated rings. The molecular weight excluding hydrogens is 316 g/mol. The summed E-state index contributed by atoms with van der Waals surface area (Å²) in [7, 11) is 1.71. The molecule has 1 aliphatic heterocycles.